The highest BCUT2D eigenvalue weighted by Gasteiger charge is 2.09. The van der Waals surface area contributed by atoms with E-state index in [9.17, 15) is 4.79 Å². The van der Waals surface area contributed by atoms with Crippen LogP contribution in [0, 0.1) is 6.92 Å². The number of carbonyl (C=O) groups excluding carboxylic acids is 1. The van der Waals surface area contributed by atoms with Crippen LogP contribution in [0.5, 0.6) is 0 Å². The number of anilines is 2. The maximum atomic E-state index is 12.0. The summed E-state index contributed by atoms with van der Waals surface area (Å²) in [7, 11) is 1.95. The fourth-order valence-electron chi connectivity index (χ4n) is 2.07. The first kappa shape index (κ1) is 15.5. The van der Waals surface area contributed by atoms with Crippen LogP contribution in [-0.2, 0) is 11.2 Å². The van der Waals surface area contributed by atoms with E-state index in [0.717, 1.165) is 18.5 Å². The number of amides is 1. The molecule has 5 heteroatoms. The number of carbonyl (C=O) groups is 1. The van der Waals surface area contributed by atoms with Gasteiger partial charge in [0.15, 0.2) is 0 Å². The van der Waals surface area contributed by atoms with Gasteiger partial charge in [0, 0.05) is 11.4 Å². The van der Waals surface area contributed by atoms with Crippen LogP contribution in [0.25, 0.3) is 0 Å². The molecule has 0 saturated carbocycles. The lowest BCUT2D eigenvalue weighted by Crippen LogP contribution is -2.31. The van der Waals surface area contributed by atoms with E-state index < -0.39 is 0 Å². The van der Waals surface area contributed by atoms with Gasteiger partial charge in [0.1, 0.15) is 0 Å². The quantitative estimate of drug-likeness (QED) is 0.807. The maximum Gasteiger partial charge on any atom is 0.238 e. The van der Waals surface area contributed by atoms with E-state index in [4.69, 9.17) is 5.73 Å². The molecule has 0 radical (unpaired) electrons. The Balaban J connectivity index is 1.80. The number of benzene rings is 1. The summed E-state index contributed by atoms with van der Waals surface area (Å²) in [6.07, 6.45) is 0.966. The molecule has 0 fully saturated rings. The van der Waals surface area contributed by atoms with Gasteiger partial charge in [-0.3, -0.25) is 9.69 Å². The maximum absolute atomic E-state index is 12.0. The number of hydrogen-bond donors (Lipinski definition) is 2. The second kappa shape index (κ2) is 7.24. The van der Waals surface area contributed by atoms with Crippen molar-refractivity contribution in [2.24, 2.45) is 0 Å². The Labute approximate surface area is 129 Å². The smallest absolute Gasteiger partial charge is 0.238 e. The highest BCUT2D eigenvalue weighted by Crippen LogP contribution is 2.19. The van der Waals surface area contributed by atoms with Gasteiger partial charge in [0.05, 0.1) is 17.9 Å². The van der Waals surface area contributed by atoms with Crippen LogP contribution in [0.3, 0.4) is 0 Å². The first-order chi connectivity index (χ1) is 10.0. The van der Waals surface area contributed by atoms with E-state index in [-0.39, 0.29) is 5.91 Å². The number of nitrogens with one attached hydrogen (secondary N) is 1. The van der Waals surface area contributed by atoms with Crippen molar-refractivity contribution in [2.45, 2.75) is 13.3 Å². The molecule has 0 aliphatic rings. The van der Waals surface area contributed by atoms with E-state index in [0.29, 0.717) is 17.9 Å². The molecule has 1 aromatic heterocycles. The highest BCUT2D eigenvalue weighted by molar-refractivity contribution is 7.09. The molecule has 0 saturated heterocycles. The van der Waals surface area contributed by atoms with Crippen molar-refractivity contribution in [3.63, 3.8) is 0 Å². The third-order valence-electron chi connectivity index (χ3n) is 3.21. The summed E-state index contributed by atoms with van der Waals surface area (Å²) < 4.78 is 0. The minimum Gasteiger partial charge on any atom is -0.397 e. The van der Waals surface area contributed by atoms with Crippen LogP contribution in [0.1, 0.15) is 10.4 Å². The Hall–Kier alpha value is -1.85. The van der Waals surface area contributed by atoms with Gasteiger partial charge in [-0.25, -0.2) is 0 Å². The zero-order valence-corrected chi connectivity index (χ0v) is 13.2. The number of nitrogens with two attached hydrogens (primary N) is 1. The van der Waals surface area contributed by atoms with Crippen LogP contribution < -0.4 is 11.1 Å². The third-order valence-corrected chi connectivity index (χ3v) is 4.15. The van der Waals surface area contributed by atoms with Crippen molar-refractivity contribution in [2.75, 3.05) is 31.2 Å². The van der Waals surface area contributed by atoms with Crippen molar-refractivity contribution in [3.8, 4) is 0 Å². The number of likely N-dealkylation sites (N-methyl/N-ethyl adjacent to an activating group) is 1. The van der Waals surface area contributed by atoms with Crippen LogP contribution in [0.4, 0.5) is 11.4 Å². The highest BCUT2D eigenvalue weighted by atomic mass is 32.1. The standard InChI is InChI=1S/C16H21N3OS/c1-12-5-6-15(14(17)10-12)18-16(20)11-19(2)8-7-13-4-3-9-21-13/h3-6,9-10H,7-8,11,17H2,1-2H3,(H,18,20). The Kier molecular flexibility index (Phi) is 5.36. The lowest BCUT2D eigenvalue weighted by Gasteiger charge is -2.16. The van der Waals surface area contributed by atoms with Gasteiger partial charge in [0.25, 0.3) is 0 Å². The topological polar surface area (TPSA) is 58.4 Å². The molecule has 21 heavy (non-hydrogen) atoms. The van der Waals surface area contributed by atoms with Crippen molar-refractivity contribution in [1.82, 2.24) is 4.90 Å². The Morgan fingerprint density at radius 3 is 2.86 bits per heavy atom. The molecule has 2 aromatic rings. The molecule has 0 aliphatic carbocycles. The number of aryl methyl sites for hydroxylation is 1. The summed E-state index contributed by atoms with van der Waals surface area (Å²) in [6, 6.07) is 9.80. The molecule has 4 nitrogen and oxygen atoms in total. The molecule has 3 N–H and O–H groups in total. The largest absolute Gasteiger partial charge is 0.397 e. The molecule has 112 valence electrons. The van der Waals surface area contributed by atoms with E-state index >= 15 is 0 Å². The zero-order chi connectivity index (χ0) is 15.2. The molecule has 0 atom stereocenters. The van der Waals surface area contributed by atoms with E-state index in [1.165, 1.54) is 4.88 Å². The molecule has 1 aromatic carbocycles. The van der Waals surface area contributed by atoms with E-state index in [1.807, 2.05) is 43.1 Å². The lowest BCUT2D eigenvalue weighted by atomic mass is 10.2. The summed E-state index contributed by atoms with van der Waals surface area (Å²) in [5.74, 6) is -0.0424. The number of rotatable bonds is 6. The summed E-state index contributed by atoms with van der Waals surface area (Å²) in [6.45, 7) is 3.19. The Morgan fingerprint density at radius 1 is 1.38 bits per heavy atom. The molecule has 0 unspecified atom stereocenters. The summed E-state index contributed by atoms with van der Waals surface area (Å²) >= 11 is 1.75. The van der Waals surface area contributed by atoms with Gasteiger partial charge in [0.2, 0.25) is 5.91 Å². The van der Waals surface area contributed by atoms with Gasteiger partial charge < -0.3 is 11.1 Å². The predicted octanol–water partition coefficient (Wildman–Crippen LogP) is 2.75. The Morgan fingerprint density at radius 2 is 2.19 bits per heavy atom. The van der Waals surface area contributed by atoms with Crippen molar-refractivity contribution in [3.05, 3.63) is 46.2 Å². The summed E-state index contributed by atoms with van der Waals surface area (Å²) in [4.78, 5) is 15.4. The van der Waals surface area contributed by atoms with Crippen LogP contribution in [0.2, 0.25) is 0 Å². The fourth-order valence-corrected chi connectivity index (χ4v) is 2.76. The molecule has 0 aliphatic heterocycles. The van der Waals surface area contributed by atoms with Gasteiger partial charge in [-0.15, -0.1) is 11.3 Å². The molecule has 1 heterocycles. The zero-order valence-electron chi connectivity index (χ0n) is 12.4. The van der Waals surface area contributed by atoms with E-state index in [1.54, 1.807) is 11.3 Å². The van der Waals surface area contributed by atoms with Gasteiger partial charge in [-0.1, -0.05) is 12.1 Å². The molecular formula is C16H21N3OS. The molecule has 0 spiro atoms. The number of thiophene rings is 1. The average molecular weight is 303 g/mol. The van der Waals surface area contributed by atoms with Crippen LogP contribution >= 0.6 is 11.3 Å². The minimum absolute atomic E-state index is 0.0424. The average Bonchev–Trinajstić information content (AvgIpc) is 2.93. The predicted molar refractivity (Wildman–Crippen MR) is 89.7 cm³/mol. The second-order valence-electron chi connectivity index (χ2n) is 5.21. The van der Waals surface area contributed by atoms with Crippen molar-refractivity contribution < 1.29 is 4.79 Å². The van der Waals surface area contributed by atoms with Gasteiger partial charge in [-0.2, -0.15) is 0 Å². The molecule has 1 amide bonds. The van der Waals surface area contributed by atoms with Crippen LogP contribution in [-0.4, -0.2) is 30.9 Å². The first-order valence-electron chi connectivity index (χ1n) is 6.91. The molecule has 0 bridgehead atoms. The minimum atomic E-state index is -0.0424. The number of nitrogens with zero attached hydrogens (tertiary/aromatic N) is 1. The van der Waals surface area contributed by atoms with Gasteiger partial charge >= 0.3 is 0 Å². The lowest BCUT2D eigenvalue weighted by molar-refractivity contribution is -0.117. The van der Waals surface area contributed by atoms with E-state index in [2.05, 4.69) is 16.8 Å². The fraction of sp³-hybridized carbons (Fsp3) is 0.312. The monoisotopic (exact) mass is 303 g/mol. The summed E-state index contributed by atoms with van der Waals surface area (Å²) in [5.41, 5.74) is 8.26. The van der Waals surface area contributed by atoms with Gasteiger partial charge in [-0.05, 0) is 49.5 Å². The first-order valence-corrected chi connectivity index (χ1v) is 7.79. The van der Waals surface area contributed by atoms with Crippen molar-refractivity contribution >= 4 is 28.6 Å². The summed E-state index contributed by atoms with van der Waals surface area (Å²) in [5, 5.41) is 4.93. The third kappa shape index (κ3) is 4.88. The second-order valence-corrected chi connectivity index (χ2v) is 6.24. The SMILES string of the molecule is Cc1ccc(NC(=O)CN(C)CCc2cccs2)c(N)c1. The normalized spacial score (nSPS) is 10.8. The molecule has 2 rings (SSSR count). The Bertz CT molecular complexity index is 596. The number of hydrogen-bond acceptors (Lipinski definition) is 4. The number of nitrogen functional groups attached to an aromatic ring is 1. The molecular weight excluding hydrogens is 282 g/mol. The van der Waals surface area contributed by atoms with Crippen molar-refractivity contribution in [1.29, 1.82) is 0 Å². The van der Waals surface area contributed by atoms with Crippen LogP contribution in [0.15, 0.2) is 35.7 Å².